The highest BCUT2D eigenvalue weighted by Gasteiger charge is 2.41. The average molecular weight is 332 g/mol. The van der Waals surface area contributed by atoms with E-state index in [-0.39, 0.29) is 5.75 Å². The molecule has 0 radical (unpaired) electrons. The number of fused-ring (bicyclic) bond motifs is 3. The van der Waals surface area contributed by atoms with E-state index >= 15 is 0 Å². The highest BCUT2D eigenvalue weighted by atomic mass is 32.1. The first-order chi connectivity index (χ1) is 9.90. The molecule has 1 aromatic carbocycles. The van der Waals surface area contributed by atoms with Crippen molar-refractivity contribution in [2.45, 2.75) is 19.2 Å². The lowest BCUT2D eigenvalue weighted by atomic mass is 10.2. The highest BCUT2D eigenvalue weighted by Crippen LogP contribution is 2.40. The summed E-state index contributed by atoms with van der Waals surface area (Å²) >= 11 is 2.87. The van der Waals surface area contributed by atoms with Crippen LogP contribution in [0.25, 0.3) is 20.3 Å². The average Bonchev–Trinajstić information content (AvgIpc) is 2.98. The number of benzene rings is 1. The van der Waals surface area contributed by atoms with Crippen molar-refractivity contribution in [1.29, 1.82) is 0 Å². The molecule has 2 N–H and O–H groups in total. The fraction of sp³-hybridized carbons (Fsp3) is 0.308. The molecule has 1 unspecified atom stereocenters. The van der Waals surface area contributed by atoms with Crippen LogP contribution < -0.4 is 10.5 Å². The maximum Gasteiger partial charge on any atom is 0.426 e. The fourth-order valence-corrected chi connectivity index (χ4v) is 3.92. The Kier molecular flexibility index (Phi) is 3.54. The van der Waals surface area contributed by atoms with Crippen molar-refractivity contribution in [3.05, 3.63) is 22.5 Å². The number of alkyl halides is 3. The summed E-state index contributed by atoms with van der Waals surface area (Å²) in [6, 6.07) is 3.36. The van der Waals surface area contributed by atoms with Crippen molar-refractivity contribution in [1.82, 2.24) is 4.98 Å². The molecule has 0 fully saturated rings. The summed E-state index contributed by atoms with van der Waals surface area (Å²) in [5.74, 6) is 0.204. The van der Waals surface area contributed by atoms with Crippen LogP contribution in [0.15, 0.2) is 17.5 Å². The molecule has 0 aliphatic rings. The number of nitrogens with zero attached hydrogens (tertiary/aromatic N) is 1. The molecule has 0 saturated heterocycles. The minimum Gasteiger partial charge on any atom is -0.479 e. The second-order valence-electron chi connectivity index (χ2n) is 4.50. The number of aryl methyl sites for hydroxylation is 1. The number of thiophene rings is 1. The summed E-state index contributed by atoms with van der Waals surface area (Å²) < 4.78 is 45.3. The van der Waals surface area contributed by atoms with Crippen molar-refractivity contribution in [2.24, 2.45) is 5.73 Å². The minimum atomic E-state index is -4.49. The summed E-state index contributed by atoms with van der Waals surface area (Å²) in [5, 5.41) is 3.32. The van der Waals surface area contributed by atoms with Gasteiger partial charge >= 0.3 is 6.18 Å². The number of hydrogen-bond acceptors (Lipinski definition) is 5. The Balaban J connectivity index is 2.14. The van der Waals surface area contributed by atoms with E-state index in [1.54, 1.807) is 12.1 Å². The van der Waals surface area contributed by atoms with Crippen molar-refractivity contribution >= 4 is 43.0 Å². The maximum absolute atomic E-state index is 12.8. The Morgan fingerprint density at radius 3 is 2.86 bits per heavy atom. The lowest BCUT2D eigenvalue weighted by Crippen LogP contribution is -2.40. The molecule has 0 bridgehead atoms. The molecule has 2 heterocycles. The van der Waals surface area contributed by atoms with Gasteiger partial charge in [0.2, 0.25) is 6.10 Å². The normalized spacial score (nSPS) is 14.0. The minimum absolute atomic E-state index is 0.204. The summed E-state index contributed by atoms with van der Waals surface area (Å²) in [7, 11) is 0. The van der Waals surface area contributed by atoms with E-state index in [1.807, 2.05) is 12.3 Å². The number of rotatable bonds is 3. The molecule has 3 aromatic rings. The van der Waals surface area contributed by atoms with Gasteiger partial charge in [0, 0.05) is 18.0 Å². The lowest BCUT2D eigenvalue weighted by molar-refractivity contribution is -0.191. The standard InChI is InChI=1S/C13H11F3N2OS2/c1-6-18-11-9(21-6)4-8(7-2-3-20-12(7)11)19-10(5-17)13(14,15)16/h2-4,10H,5,17H2,1H3. The van der Waals surface area contributed by atoms with Gasteiger partial charge < -0.3 is 10.5 Å². The highest BCUT2D eigenvalue weighted by molar-refractivity contribution is 7.21. The molecule has 0 amide bonds. The smallest absolute Gasteiger partial charge is 0.426 e. The zero-order chi connectivity index (χ0) is 15.2. The van der Waals surface area contributed by atoms with E-state index in [0.717, 1.165) is 19.9 Å². The molecule has 8 heteroatoms. The Labute approximate surface area is 126 Å². The SMILES string of the molecule is Cc1nc2c(cc(OC(CN)C(F)(F)F)c3ccsc32)s1. The van der Waals surface area contributed by atoms with Crippen molar-refractivity contribution < 1.29 is 17.9 Å². The molecule has 112 valence electrons. The van der Waals surface area contributed by atoms with Gasteiger partial charge in [-0.05, 0) is 18.4 Å². The molecule has 0 aliphatic heterocycles. The third-order valence-electron chi connectivity index (χ3n) is 3.02. The van der Waals surface area contributed by atoms with Crippen molar-refractivity contribution in [3.63, 3.8) is 0 Å². The quantitative estimate of drug-likeness (QED) is 0.786. The molecule has 3 rings (SSSR count). The van der Waals surface area contributed by atoms with Crippen LogP contribution in [-0.2, 0) is 0 Å². The van der Waals surface area contributed by atoms with Gasteiger partial charge in [0.05, 0.1) is 19.9 Å². The lowest BCUT2D eigenvalue weighted by Gasteiger charge is -2.20. The maximum atomic E-state index is 12.8. The summed E-state index contributed by atoms with van der Waals surface area (Å²) in [4.78, 5) is 4.43. The zero-order valence-corrected chi connectivity index (χ0v) is 12.5. The Bertz CT molecular complexity index is 794. The molecule has 2 aromatic heterocycles. The second-order valence-corrected chi connectivity index (χ2v) is 6.65. The number of hydrogen-bond donors (Lipinski definition) is 1. The zero-order valence-electron chi connectivity index (χ0n) is 10.9. The molecular formula is C13H11F3N2OS2. The van der Waals surface area contributed by atoms with Gasteiger partial charge in [0.15, 0.2) is 0 Å². The first-order valence-electron chi connectivity index (χ1n) is 6.11. The number of nitrogens with two attached hydrogens (primary N) is 1. The van der Waals surface area contributed by atoms with Gasteiger partial charge in [-0.25, -0.2) is 4.98 Å². The van der Waals surface area contributed by atoms with Gasteiger partial charge in [0.1, 0.15) is 5.75 Å². The second kappa shape index (κ2) is 5.11. The van der Waals surface area contributed by atoms with E-state index < -0.39 is 18.8 Å². The Hall–Kier alpha value is -1.38. The number of halogens is 3. The van der Waals surface area contributed by atoms with Crippen LogP contribution in [0.4, 0.5) is 13.2 Å². The van der Waals surface area contributed by atoms with E-state index in [4.69, 9.17) is 10.5 Å². The van der Waals surface area contributed by atoms with Crippen molar-refractivity contribution in [3.8, 4) is 5.75 Å². The first-order valence-corrected chi connectivity index (χ1v) is 7.80. The van der Waals surface area contributed by atoms with Crippen LogP contribution in [0, 0.1) is 6.92 Å². The largest absolute Gasteiger partial charge is 0.479 e. The topological polar surface area (TPSA) is 48.1 Å². The molecule has 3 nitrogen and oxygen atoms in total. The van der Waals surface area contributed by atoms with Crippen LogP contribution in [0.5, 0.6) is 5.75 Å². The van der Waals surface area contributed by atoms with E-state index in [1.165, 1.54) is 22.7 Å². The van der Waals surface area contributed by atoms with Crippen LogP contribution in [-0.4, -0.2) is 23.8 Å². The molecule has 0 spiro atoms. The van der Waals surface area contributed by atoms with Gasteiger partial charge in [-0.2, -0.15) is 13.2 Å². The van der Waals surface area contributed by atoms with Crippen LogP contribution in [0.3, 0.4) is 0 Å². The first kappa shape index (κ1) is 14.6. The molecule has 21 heavy (non-hydrogen) atoms. The van der Waals surface area contributed by atoms with Crippen LogP contribution >= 0.6 is 22.7 Å². The molecule has 0 saturated carbocycles. The van der Waals surface area contributed by atoms with Crippen LogP contribution in [0.1, 0.15) is 5.01 Å². The van der Waals surface area contributed by atoms with E-state index in [2.05, 4.69) is 4.98 Å². The van der Waals surface area contributed by atoms with E-state index in [0.29, 0.717) is 5.39 Å². The molecule has 0 aliphatic carbocycles. The Morgan fingerprint density at radius 2 is 2.19 bits per heavy atom. The molecule has 1 atom stereocenters. The fourth-order valence-electron chi connectivity index (χ4n) is 2.09. The number of ether oxygens (including phenoxy) is 1. The van der Waals surface area contributed by atoms with Gasteiger partial charge in [0.25, 0.3) is 0 Å². The Morgan fingerprint density at radius 1 is 1.43 bits per heavy atom. The van der Waals surface area contributed by atoms with E-state index in [9.17, 15) is 13.2 Å². The number of aromatic nitrogens is 1. The monoisotopic (exact) mass is 332 g/mol. The molecular weight excluding hydrogens is 321 g/mol. The van der Waals surface area contributed by atoms with Crippen LogP contribution in [0.2, 0.25) is 0 Å². The third-order valence-corrected chi connectivity index (χ3v) is 4.86. The van der Waals surface area contributed by atoms with Gasteiger partial charge in [-0.3, -0.25) is 0 Å². The summed E-state index contributed by atoms with van der Waals surface area (Å²) in [6.45, 7) is 1.25. The third kappa shape index (κ3) is 2.58. The summed E-state index contributed by atoms with van der Waals surface area (Å²) in [5.41, 5.74) is 6.00. The summed E-state index contributed by atoms with van der Waals surface area (Å²) in [6.07, 6.45) is -6.50. The van der Waals surface area contributed by atoms with Gasteiger partial charge in [-0.1, -0.05) is 0 Å². The predicted molar refractivity (Wildman–Crippen MR) is 79.3 cm³/mol. The predicted octanol–water partition coefficient (Wildman–Crippen LogP) is 4.09. The van der Waals surface area contributed by atoms with Crippen molar-refractivity contribution in [2.75, 3.05) is 6.54 Å². The number of thiazole rings is 1. The van der Waals surface area contributed by atoms with Gasteiger partial charge in [-0.15, -0.1) is 22.7 Å².